The van der Waals surface area contributed by atoms with Gasteiger partial charge in [0.25, 0.3) is 0 Å². The Balaban J connectivity index is 5.15. The van der Waals surface area contributed by atoms with E-state index >= 15 is 0 Å². The maximum Gasteiger partial charge on any atom is 0.408 e. The van der Waals surface area contributed by atoms with Crippen LogP contribution >= 0.6 is 0 Å². The minimum absolute atomic E-state index is 0.00473. The molecule has 0 rings (SSSR count). The van der Waals surface area contributed by atoms with E-state index in [9.17, 15) is 9.59 Å². The van der Waals surface area contributed by atoms with Crippen LogP contribution in [0.25, 0.3) is 10.4 Å². The minimum Gasteiger partial charge on any atom is -0.464 e. The Hall–Kier alpha value is -1.81. The van der Waals surface area contributed by atoms with Crippen molar-refractivity contribution in [2.75, 3.05) is 27.1 Å². The van der Waals surface area contributed by atoms with E-state index < -0.39 is 37.9 Å². The number of azide groups is 1. The summed E-state index contributed by atoms with van der Waals surface area (Å²) < 4.78 is 21.1. The van der Waals surface area contributed by atoms with Crippen molar-refractivity contribution in [1.29, 1.82) is 0 Å². The van der Waals surface area contributed by atoms with E-state index in [0.29, 0.717) is 13.0 Å². The summed E-state index contributed by atoms with van der Waals surface area (Å²) in [6, 6.07) is -0.141. The Kier molecular flexibility index (Phi) is 12.6. The van der Waals surface area contributed by atoms with E-state index in [1.54, 1.807) is 20.8 Å². The van der Waals surface area contributed by atoms with Crippen molar-refractivity contribution in [3.05, 3.63) is 10.4 Å². The molecule has 168 valence electrons. The molecule has 0 unspecified atom stereocenters. The summed E-state index contributed by atoms with van der Waals surface area (Å²) in [6.07, 6.45) is -0.702. The predicted octanol–water partition coefficient (Wildman–Crippen LogP) is 3.84. The van der Waals surface area contributed by atoms with Crippen molar-refractivity contribution in [2.45, 2.75) is 77.0 Å². The average Bonchev–Trinajstić information content (AvgIpc) is 2.56. The van der Waals surface area contributed by atoms with Crippen LogP contribution in [0.5, 0.6) is 0 Å². The SMILES string of the molecule is COCO[C@@H](CCN=[N+]=[N-])C[C@H](NC(=O)OC(C)(C)C)C(=O)OCC[Si](C)(C)C. The molecule has 0 aromatic rings. The first-order valence-corrected chi connectivity index (χ1v) is 13.4. The van der Waals surface area contributed by atoms with Gasteiger partial charge in [0.1, 0.15) is 18.4 Å². The summed E-state index contributed by atoms with van der Waals surface area (Å²) in [5.74, 6) is -0.552. The largest absolute Gasteiger partial charge is 0.464 e. The quantitative estimate of drug-likeness (QED) is 0.117. The lowest BCUT2D eigenvalue weighted by molar-refractivity contribution is -0.148. The normalized spacial score (nSPS) is 13.8. The van der Waals surface area contributed by atoms with Gasteiger partial charge in [-0.15, -0.1) is 0 Å². The number of hydrogen-bond donors (Lipinski definition) is 1. The van der Waals surface area contributed by atoms with Crippen LogP contribution in [0, 0.1) is 0 Å². The Morgan fingerprint density at radius 1 is 1.24 bits per heavy atom. The second-order valence-corrected chi connectivity index (χ2v) is 14.5. The molecule has 0 aromatic carbocycles. The number of ether oxygens (including phenoxy) is 4. The molecule has 0 saturated carbocycles. The summed E-state index contributed by atoms with van der Waals surface area (Å²) in [4.78, 5) is 27.5. The zero-order valence-electron chi connectivity index (χ0n) is 18.7. The topological polar surface area (TPSA) is 132 Å². The summed E-state index contributed by atoms with van der Waals surface area (Å²) in [7, 11) is 0.107. The summed E-state index contributed by atoms with van der Waals surface area (Å²) in [6.45, 7) is 12.2. The molecule has 11 heteroatoms. The molecule has 0 heterocycles. The molecule has 10 nitrogen and oxygen atoms in total. The Bertz CT molecular complexity index is 556. The van der Waals surface area contributed by atoms with Crippen LogP contribution in [0.15, 0.2) is 5.11 Å². The number of hydrogen-bond acceptors (Lipinski definition) is 7. The van der Waals surface area contributed by atoms with Crippen molar-refractivity contribution < 1.29 is 28.5 Å². The van der Waals surface area contributed by atoms with Crippen molar-refractivity contribution in [1.82, 2.24) is 5.32 Å². The van der Waals surface area contributed by atoms with E-state index in [1.807, 2.05) is 0 Å². The first kappa shape index (κ1) is 27.2. The molecule has 0 bridgehead atoms. The molecule has 0 aliphatic carbocycles. The molecule has 0 aliphatic rings. The fraction of sp³-hybridized carbons (Fsp3) is 0.889. The number of carbonyl (C=O) groups is 2. The highest BCUT2D eigenvalue weighted by Crippen LogP contribution is 2.14. The number of nitrogens with one attached hydrogen (secondary N) is 1. The smallest absolute Gasteiger partial charge is 0.408 e. The fourth-order valence-corrected chi connectivity index (χ4v) is 2.88. The number of methoxy groups -OCH3 is 1. The van der Waals surface area contributed by atoms with Crippen LogP contribution < -0.4 is 5.32 Å². The number of carbonyl (C=O) groups excluding carboxylic acids is 2. The van der Waals surface area contributed by atoms with Gasteiger partial charge in [0.15, 0.2) is 0 Å². The first-order chi connectivity index (χ1) is 13.4. The highest BCUT2D eigenvalue weighted by molar-refractivity contribution is 6.76. The molecular weight excluding hydrogens is 396 g/mol. The fourth-order valence-electron chi connectivity index (χ4n) is 2.17. The minimum atomic E-state index is -1.37. The second-order valence-electron chi connectivity index (χ2n) is 8.85. The van der Waals surface area contributed by atoms with Gasteiger partial charge in [-0.2, -0.15) is 0 Å². The molecule has 29 heavy (non-hydrogen) atoms. The molecule has 0 radical (unpaired) electrons. The van der Waals surface area contributed by atoms with Crippen LogP contribution in [-0.4, -0.2) is 64.9 Å². The van der Waals surface area contributed by atoms with Gasteiger partial charge in [-0.3, -0.25) is 0 Å². The van der Waals surface area contributed by atoms with Gasteiger partial charge in [0, 0.05) is 33.1 Å². The molecular formula is C18H36N4O6Si. The van der Waals surface area contributed by atoms with Gasteiger partial charge in [-0.05, 0) is 38.8 Å². The number of alkyl carbamates (subject to hydrolysis) is 1. The first-order valence-electron chi connectivity index (χ1n) is 9.65. The lowest BCUT2D eigenvalue weighted by Crippen LogP contribution is -2.46. The van der Waals surface area contributed by atoms with Gasteiger partial charge in [-0.25, -0.2) is 9.59 Å². The van der Waals surface area contributed by atoms with Gasteiger partial charge in [-0.1, -0.05) is 24.8 Å². The van der Waals surface area contributed by atoms with Gasteiger partial charge < -0.3 is 24.3 Å². The molecule has 0 spiro atoms. The third-order valence-corrected chi connectivity index (χ3v) is 5.31. The van der Waals surface area contributed by atoms with E-state index in [1.165, 1.54) is 7.11 Å². The highest BCUT2D eigenvalue weighted by Gasteiger charge is 2.29. The van der Waals surface area contributed by atoms with Crippen LogP contribution in [0.4, 0.5) is 4.79 Å². The van der Waals surface area contributed by atoms with Crippen LogP contribution in [0.3, 0.4) is 0 Å². The van der Waals surface area contributed by atoms with E-state index in [2.05, 4.69) is 35.0 Å². The zero-order valence-corrected chi connectivity index (χ0v) is 19.7. The molecule has 0 aromatic heterocycles. The van der Waals surface area contributed by atoms with Crippen LogP contribution in [-0.2, 0) is 23.7 Å². The third kappa shape index (κ3) is 15.8. The van der Waals surface area contributed by atoms with E-state index in [0.717, 1.165) is 6.04 Å². The maximum absolute atomic E-state index is 12.6. The van der Waals surface area contributed by atoms with Gasteiger partial charge in [0.2, 0.25) is 0 Å². The zero-order chi connectivity index (χ0) is 22.5. The molecule has 2 atom stereocenters. The molecule has 0 saturated heterocycles. The van der Waals surface area contributed by atoms with Gasteiger partial charge in [0.05, 0.1) is 12.7 Å². The van der Waals surface area contributed by atoms with Crippen molar-refractivity contribution in [3.8, 4) is 0 Å². The third-order valence-electron chi connectivity index (χ3n) is 3.61. The Morgan fingerprint density at radius 2 is 1.90 bits per heavy atom. The number of nitrogens with zero attached hydrogens (tertiary/aromatic N) is 3. The van der Waals surface area contributed by atoms with Gasteiger partial charge >= 0.3 is 12.1 Å². The number of amides is 1. The average molecular weight is 433 g/mol. The number of rotatable bonds is 13. The summed E-state index contributed by atoms with van der Waals surface area (Å²) >= 11 is 0. The maximum atomic E-state index is 12.6. The van der Waals surface area contributed by atoms with Crippen LogP contribution in [0.2, 0.25) is 25.7 Å². The highest BCUT2D eigenvalue weighted by atomic mass is 28.3. The molecule has 0 fully saturated rings. The lowest BCUT2D eigenvalue weighted by atomic mass is 10.1. The molecule has 1 N–H and O–H groups in total. The van der Waals surface area contributed by atoms with Crippen molar-refractivity contribution >= 4 is 20.1 Å². The molecule has 0 aliphatic heterocycles. The van der Waals surface area contributed by atoms with E-state index in [-0.39, 0.29) is 19.8 Å². The van der Waals surface area contributed by atoms with E-state index in [4.69, 9.17) is 24.5 Å². The Morgan fingerprint density at radius 3 is 2.41 bits per heavy atom. The monoisotopic (exact) mass is 432 g/mol. The van der Waals surface area contributed by atoms with Crippen molar-refractivity contribution in [2.24, 2.45) is 5.11 Å². The second kappa shape index (κ2) is 13.4. The summed E-state index contributed by atoms with van der Waals surface area (Å²) in [5.41, 5.74) is 7.76. The van der Waals surface area contributed by atoms with Crippen molar-refractivity contribution in [3.63, 3.8) is 0 Å². The van der Waals surface area contributed by atoms with Crippen LogP contribution in [0.1, 0.15) is 33.6 Å². The predicted molar refractivity (Wildman–Crippen MR) is 112 cm³/mol. The lowest BCUT2D eigenvalue weighted by Gasteiger charge is -2.26. The molecule has 1 amide bonds. The standard InChI is InChI=1S/C18H36N4O6Si/c1-18(2,3)28-17(24)21-15(16(23)26-10-11-29(5,6)7)12-14(27-13-25-4)8-9-20-22-19/h14-15H,8-13H2,1-7H3,(H,21,24)/t14-,15-/m0/s1. The summed E-state index contributed by atoms with van der Waals surface area (Å²) in [5, 5.41) is 6.06. The Labute approximate surface area is 174 Å². The number of esters is 1.